The van der Waals surface area contributed by atoms with E-state index in [2.05, 4.69) is 20.9 Å². The molecule has 1 heterocycles. The highest BCUT2D eigenvalue weighted by Crippen LogP contribution is 2.26. The molecule has 1 rings (SSSR count). The highest BCUT2D eigenvalue weighted by Gasteiger charge is 2.19. The third kappa shape index (κ3) is 2.12. The Morgan fingerprint density at radius 1 is 1.57 bits per heavy atom. The number of halogens is 4. The average molecular weight is 268 g/mol. The monoisotopic (exact) mass is 267 g/mol. The van der Waals surface area contributed by atoms with Crippen molar-refractivity contribution in [1.82, 2.24) is 4.98 Å². The molecule has 0 aliphatic heterocycles. The fraction of sp³-hybridized carbons (Fsp3) is 0.250. The van der Waals surface area contributed by atoms with E-state index < -0.39 is 17.9 Å². The maximum Gasteiger partial charge on any atom is 0.266 e. The van der Waals surface area contributed by atoms with Gasteiger partial charge in [0.15, 0.2) is 6.29 Å². The zero-order valence-corrected chi connectivity index (χ0v) is 8.39. The Hall–Kier alpha value is -0.910. The lowest BCUT2D eigenvalue weighted by molar-refractivity contribution is 0.110. The SMILES string of the molecule is O=Cc1cc(F)nc(CBr)c1C(F)F. The molecule has 0 aliphatic rings. The Bertz CT molecular complexity index is 357. The summed E-state index contributed by atoms with van der Waals surface area (Å²) in [6.45, 7) is 0. The number of rotatable bonds is 3. The van der Waals surface area contributed by atoms with Gasteiger partial charge in [-0.2, -0.15) is 4.39 Å². The highest BCUT2D eigenvalue weighted by atomic mass is 79.9. The number of aldehydes is 1. The lowest BCUT2D eigenvalue weighted by atomic mass is 10.1. The van der Waals surface area contributed by atoms with Crippen LogP contribution in [0.3, 0.4) is 0 Å². The lowest BCUT2D eigenvalue weighted by Crippen LogP contribution is -2.04. The van der Waals surface area contributed by atoms with Crippen molar-refractivity contribution >= 4 is 22.2 Å². The van der Waals surface area contributed by atoms with E-state index >= 15 is 0 Å². The number of aromatic nitrogens is 1. The van der Waals surface area contributed by atoms with Crippen LogP contribution >= 0.6 is 15.9 Å². The molecule has 0 amide bonds. The van der Waals surface area contributed by atoms with Gasteiger partial charge in [-0.15, -0.1) is 0 Å². The van der Waals surface area contributed by atoms with Crippen LogP contribution in [-0.4, -0.2) is 11.3 Å². The van der Waals surface area contributed by atoms with Gasteiger partial charge in [-0.1, -0.05) is 15.9 Å². The predicted molar refractivity (Wildman–Crippen MR) is 47.2 cm³/mol. The van der Waals surface area contributed by atoms with Crippen LogP contribution in [0.5, 0.6) is 0 Å². The molecule has 2 nitrogen and oxygen atoms in total. The number of carbonyl (C=O) groups excluding carboxylic acids is 1. The van der Waals surface area contributed by atoms with E-state index in [1.807, 2.05) is 0 Å². The van der Waals surface area contributed by atoms with E-state index in [4.69, 9.17) is 0 Å². The van der Waals surface area contributed by atoms with E-state index in [-0.39, 0.29) is 22.9 Å². The summed E-state index contributed by atoms with van der Waals surface area (Å²) in [4.78, 5) is 13.7. The first-order valence-corrected chi connectivity index (χ1v) is 4.71. The van der Waals surface area contributed by atoms with Crippen LogP contribution in [0.25, 0.3) is 0 Å². The van der Waals surface area contributed by atoms with Crippen LogP contribution in [0.4, 0.5) is 13.2 Å². The number of carbonyl (C=O) groups is 1. The molecule has 0 N–H and O–H groups in total. The Labute approximate surface area is 86.3 Å². The van der Waals surface area contributed by atoms with Crippen LogP contribution in [0.15, 0.2) is 6.07 Å². The number of hydrogen-bond donors (Lipinski definition) is 0. The van der Waals surface area contributed by atoms with Crippen molar-refractivity contribution in [3.05, 3.63) is 28.8 Å². The molecule has 0 atom stereocenters. The van der Waals surface area contributed by atoms with Crippen molar-refractivity contribution in [2.45, 2.75) is 11.8 Å². The van der Waals surface area contributed by atoms with E-state index in [1.54, 1.807) is 0 Å². The molecule has 0 saturated carbocycles. The van der Waals surface area contributed by atoms with Crippen LogP contribution in [-0.2, 0) is 5.33 Å². The molecule has 6 heteroatoms. The number of alkyl halides is 3. The number of hydrogen-bond acceptors (Lipinski definition) is 2. The summed E-state index contributed by atoms with van der Waals surface area (Å²) in [5, 5.41) is -0.0225. The smallest absolute Gasteiger partial charge is 0.266 e. The van der Waals surface area contributed by atoms with Crippen molar-refractivity contribution < 1.29 is 18.0 Å². The standard InChI is InChI=1S/C8H5BrF3NO/c9-2-5-7(8(11)12)4(3-14)1-6(10)13-5/h1,3,8H,2H2. The third-order valence-corrected chi connectivity index (χ3v) is 2.14. The van der Waals surface area contributed by atoms with E-state index in [0.717, 1.165) is 0 Å². The zero-order valence-electron chi connectivity index (χ0n) is 6.81. The molecule has 0 fully saturated rings. The Morgan fingerprint density at radius 3 is 2.64 bits per heavy atom. The van der Waals surface area contributed by atoms with Gasteiger partial charge in [0.25, 0.3) is 6.43 Å². The minimum atomic E-state index is -2.84. The zero-order chi connectivity index (χ0) is 10.7. The molecule has 0 unspecified atom stereocenters. The Morgan fingerprint density at radius 2 is 2.21 bits per heavy atom. The lowest BCUT2D eigenvalue weighted by Gasteiger charge is -2.07. The van der Waals surface area contributed by atoms with Gasteiger partial charge in [-0.25, -0.2) is 13.8 Å². The summed E-state index contributed by atoms with van der Waals surface area (Å²) in [6, 6.07) is 0.695. The molecule has 0 bridgehead atoms. The topological polar surface area (TPSA) is 30.0 Å². The van der Waals surface area contributed by atoms with Crippen molar-refractivity contribution in [2.75, 3.05) is 0 Å². The first kappa shape index (κ1) is 11.2. The van der Waals surface area contributed by atoms with Crippen molar-refractivity contribution in [2.24, 2.45) is 0 Å². The van der Waals surface area contributed by atoms with Gasteiger partial charge in [-0.3, -0.25) is 4.79 Å². The van der Waals surface area contributed by atoms with Crippen LogP contribution < -0.4 is 0 Å². The van der Waals surface area contributed by atoms with Crippen molar-refractivity contribution in [1.29, 1.82) is 0 Å². The number of pyridine rings is 1. The van der Waals surface area contributed by atoms with Gasteiger partial charge in [0.2, 0.25) is 5.95 Å². The second-order valence-corrected chi connectivity index (χ2v) is 3.01. The molecule has 0 spiro atoms. The summed E-state index contributed by atoms with van der Waals surface area (Å²) in [6.07, 6.45) is -2.64. The molecule has 0 saturated heterocycles. The molecule has 0 aliphatic carbocycles. The van der Waals surface area contributed by atoms with Crippen LogP contribution in [0, 0.1) is 5.95 Å². The van der Waals surface area contributed by atoms with Gasteiger partial charge in [-0.05, 0) is 0 Å². The molecular weight excluding hydrogens is 263 g/mol. The minimum absolute atomic E-state index is 0.0225. The molecule has 0 aromatic carbocycles. The van der Waals surface area contributed by atoms with Gasteiger partial charge in [0.1, 0.15) is 0 Å². The molecule has 76 valence electrons. The van der Waals surface area contributed by atoms with E-state index in [9.17, 15) is 18.0 Å². The summed E-state index contributed by atoms with van der Waals surface area (Å²) in [7, 11) is 0. The summed E-state index contributed by atoms with van der Waals surface area (Å²) in [5.74, 6) is -0.939. The molecule has 1 aromatic rings. The average Bonchev–Trinajstić information content (AvgIpc) is 2.15. The second-order valence-electron chi connectivity index (χ2n) is 2.45. The van der Waals surface area contributed by atoms with Crippen molar-refractivity contribution in [3.63, 3.8) is 0 Å². The van der Waals surface area contributed by atoms with Gasteiger partial charge < -0.3 is 0 Å². The van der Waals surface area contributed by atoms with E-state index in [1.165, 1.54) is 0 Å². The van der Waals surface area contributed by atoms with E-state index in [0.29, 0.717) is 6.07 Å². The maximum absolute atomic E-state index is 12.7. The first-order chi connectivity index (χ1) is 6.60. The van der Waals surface area contributed by atoms with Gasteiger partial charge in [0.05, 0.1) is 11.3 Å². The summed E-state index contributed by atoms with van der Waals surface area (Å²) in [5.41, 5.74) is -1.03. The Balaban J connectivity index is 3.40. The van der Waals surface area contributed by atoms with Crippen LogP contribution in [0.2, 0.25) is 0 Å². The Kier molecular flexibility index (Phi) is 3.62. The molecule has 1 aromatic heterocycles. The molecular formula is C8H5BrF3NO. The summed E-state index contributed by atoms with van der Waals surface area (Å²) < 4.78 is 37.6. The maximum atomic E-state index is 12.7. The highest BCUT2D eigenvalue weighted by molar-refractivity contribution is 9.08. The summed E-state index contributed by atoms with van der Waals surface area (Å²) >= 11 is 2.90. The molecule has 0 radical (unpaired) electrons. The number of nitrogens with zero attached hydrogens (tertiary/aromatic N) is 1. The van der Waals surface area contributed by atoms with Gasteiger partial charge in [0, 0.05) is 17.0 Å². The minimum Gasteiger partial charge on any atom is -0.298 e. The van der Waals surface area contributed by atoms with Crippen LogP contribution in [0.1, 0.15) is 28.0 Å². The normalized spacial score (nSPS) is 10.6. The fourth-order valence-electron chi connectivity index (χ4n) is 1.05. The largest absolute Gasteiger partial charge is 0.298 e. The van der Waals surface area contributed by atoms with Crippen molar-refractivity contribution in [3.8, 4) is 0 Å². The molecule has 14 heavy (non-hydrogen) atoms. The second kappa shape index (κ2) is 4.54. The fourth-order valence-corrected chi connectivity index (χ4v) is 1.47. The predicted octanol–water partition coefficient (Wildman–Crippen LogP) is 2.87. The van der Waals surface area contributed by atoms with Gasteiger partial charge >= 0.3 is 0 Å². The quantitative estimate of drug-likeness (QED) is 0.479. The first-order valence-electron chi connectivity index (χ1n) is 3.58. The third-order valence-electron chi connectivity index (χ3n) is 1.61.